The fourth-order valence-electron chi connectivity index (χ4n) is 3.87. The van der Waals surface area contributed by atoms with Crippen molar-refractivity contribution >= 4 is 18.3 Å². The summed E-state index contributed by atoms with van der Waals surface area (Å²) in [6.07, 6.45) is 7.87. The summed E-state index contributed by atoms with van der Waals surface area (Å²) in [7, 11) is 0. The van der Waals surface area contributed by atoms with Gasteiger partial charge >= 0.3 is 0 Å². The summed E-state index contributed by atoms with van der Waals surface area (Å²) in [5.41, 5.74) is 2.78. The molecule has 0 saturated carbocycles. The molecule has 1 atom stereocenters. The molecular weight excluding hydrogens is 320 g/mol. The first-order valence-corrected chi connectivity index (χ1v) is 9.27. The third-order valence-electron chi connectivity index (χ3n) is 5.51. The highest BCUT2D eigenvalue weighted by Gasteiger charge is 2.25. The van der Waals surface area contributed by atoms with Gasteiger partial charge in [-0.1, -0.05) is 29.8 Å². The Kier molecular flexibility index (Phi) is 7.57. The van der Waals surface area contributed by atoms with Crippen LogP contribution in [0.5, 0.6) is 0 Å². The minimum Gasteiger partial charge on any atom is -0.343 e. The smallest absolute Gasteiger partial charge is 0.224 e. The van der Waals surface area contributed by atoms with Crippen molar-refractivity contribution in [1.29, 1.82) is 0 Å². The second kappa shape index (κ2) is 9.43. The van der Waals surface area contributed by atoms with Gasteiger partial charge in [-0.05, 0) is 63.5 Å². The third kappa shape index (κ3) is 5.49. The lowest BCUT2D eigenvalue weighted by Gasteiger charge is -2.32. The number of nitrogens with one attached hydrogen (secondary N) is 1. The zero-order valence-electron chi connectivity index (χ0n) is 14.8. The Hall–Kier alpha value is -1.06. The van der Waals surface area contributed by atoms with Gasteiger partial charge in [0.2, 0.25) is 5.91 Å². The average Bonchev–Trinajstić information content (AvgIpc) is 3.08. The molecule has 3 nitrogen and oxygen atoms in total. The molecule has 134 valence electrons. The minimum atomic E-state index is 0. The maximum Gasteiger partial charge on any atom is 0.224 e. The second-order valence-electron chi connectivity index (χ2n) is 7.35. The summed E-state index contributed by atoms with van der Waals surface area (Å²) in [6.45, 7) is 5.14. The third-order valence-corrected chi connectivity index (χ3v) is 5.51. The maximum atomic E-state index is 12.4. The minimum absolute atomic E-state index is 0. The molecule has 2 saturated heterocycles. The fraction of sp³-hybridized carbons (Fsp3) is 0.650. The molecule has 1 unspecified atom stereocenters. The molecule has 2 fully saturated rings. The molecule has 1 amide bonds. The first-order chi connectivity index (χ1) is 11.2. The van der Waals surface area contributed by atoms with Gasteiger partial charge in [-0.3, -0.25) is 4.79 Å². The Morgan fingerprint density at radius 2 is 1.88 bits per heavy atom. The number of carbonyl (C=O) groups is 1. The van der Waals surface area contributed by atoms with Gasteiger partial charge in [0.25, 0.3) is 0 Å². The van der Waals surface area contributed by atoms with Crippen LogP contribution in [0.2, 0.25) is 0 Å². The van der Waals surface area contributed by atoms with Crippen molar-refractivity contribution in [1.82, 2.24) is 10.2 Å². The molecule has 2 heterocycles. The monoisotopic (exact) mass is 350 g/mol. The van der Waals surface area contributed by atoms with E-state index in [2.05, 4.69) is 41.4 Å². The lowest BCUT2D eigenvalue weighted by molar-refractivity contribution is -0.133. The van der Waals surface area contributed by atoms with Crippen LogP contribution in [0.15, 0.2) is 24.3 Å². The lowest BCUT2D eigenvalue weighted by atomic mass is 9.90. The molecule has 24 heavy (non-hydrogen) atoms. The summed E-state index contributed by atoms with van der Waals surface area (Å²) in [5.74, 6) is 1.14. The van der Waals surface area contributed by atoms with Gasteiger partial charge in [-0.25, -0.2) is 0 Å². The summed E-state index contributed by atoms with van der Waals surface area (Å²) in [5, 5.41) is 3.43. The van der Waals surface area contributed by atoms with Crippen molar-refractivity contribution in [3.63, 3.8) is 0 Å². The van der Waals surface area contributed by atoms with E-state index in [0.29, 0.717) is 18.4 Å². The number of hydrogen-bond acceptors (Lipinski definition) is 2. The zero-order valence-corrected chi connectivity index (χ0v) is 15.6. The Labute approximate surface area is 152 Å². The predicted molar refractivity (Wildman–Crippen MR) is 102 cm³/mol. The van der Waals surface area contributed by atoms with E-state index in [4.69, 9.17) is 0 Å². The van der Waals surface area contributed by atoms with Gasteiger partial charge in [0.1, 0.15) is 0 Å². The Morgan fingerprint density at radius 3 is 2.50 bits per heavy atom. The number of aryl methyl sites for hydroxylation is 2. The van der Waals surface area contributed by atoms with Gasteiger partial charge in [-0.2, -0.15) is 0 Å². The van der Waals surface area contributed by atoms with Gasteiger partial charge in [-0.15, -0.1) is 12.4 Å². The van der Waals surface area contributed by atoms with Crippen LogP contribution in [0.4, 0.5) is 0 Å². The largest absolute Gasteiger partial charge is 0.343 e. The summed E-state index contributed by atoms with van der Waals surface area (Å²) < 4.78 is 0. The number of nitrogens with zero attached hydrogens (tertiary/aromatic N) is 1. The molecular formula is C20H31ClN2O. The number of piperidine rings is 1. The number of halogens is 1. The van der Waals surface area contributed by atoms with E-state index >= 15 is 0 Å². The number of carbonyl (C=O) groups excluding carboxylic acids is 1. The van der Waals surface area contributed by atoms with Crippen LogP contribution >= 0.6 is 12.4 Å². The van der Waals surface area contributed by atoms with E-state index in [9.17, 15) is 4.79 Å². The predicted octanol–water partition coefficient (Wildman–Crippen LogP) is 3.73. The van der Waals surface area contributed by atoms with E-state index in [1.54, 1.807) is 0 Å². The SMILES string of the molecule is Cc1ccc(CCC2CCN(C(=O)CC3CCCN3)CC2)cc1.Cl. The molecule has 0 bridgehead atoms. The standard InChI is InChI=1S/C20H30N2O.ClH/c1-16-4-6-17(7-5-16)8-9-18-10-13-22(14-11-18)20(23)15-19-3-2-12-21-19;/h4-7,18-19,21H,2-3,8-15H2,1H3;1H. The Morgan fingerprint density at radius 1 is 1.17 bits per heavy atom. The lowest BCUT2D eigenvalue weighted by Crippen LogP contribution is -2.41. The normalized spacial score (nSPS) is 21.5. The van der Waals surface area contributed by atoms with Crippen LogP contribution in [0.1, 0.15) is 49.7 Å². The highest BCUT2D eigenvalue weighted by atomic mass is 35.5. The molecule has 2 aliphatic heterocycles. The van der Waals surface area contributed by atoms with Crippen molar-refractivity contribution < 1.29 is 4.79 Å². The molecule has 2 aliphatic rings. The van der Waals surface area contributed by atoms with Crippen molar-refractivity contribution in [2.45, 2.75) is 57.9 Å². The fourth-order valence-corrected chi connectivity index (χ4v) is 3.87. The summed E-state index contributed by atoms with van der Waals surface area (Å²) in [4.78, 5) is 14.5. The number of benzene rings is 1. The number of hydrogen-bond donors (Lipinski definition) is 1. The number of likely N-dealkylation sites (tertiary alicyclic amines) is 1. The molecule has 4 heteroatoms. The molecule has 1 N–H and O–H groups in total. The van der Waals surface area contributed by atoms with Crippen molar-refractivity contribution in [2.75, 3.05) is 19.6 Å². The molecule has 1 aromatic rings. The van der Waals surface area contributed by atoms with Crippen LogP contribution in [-0.4, -0.2) is 36.5 Å². The molecule has 0 aliphatic carbocycles. The first kappa shape index (κ1) is 19.3. The van der Waals surface area contributed by atoms with E-state index < -0.39 is 0 Å². The summed E-state index contributed by atoms with van der Waals surface area (Å²) in [6, 6.07) is 9.34. The maximum absolute atomic E-state index is 12.4. The van der Waals surface area contributed by atoms with Crippen LogP contribution in [0.25, 0.3) is 0 Å². The number of amides is 1. The van der Waals surface area contributed by atoms with E-state index in [1.165, 1.54) is 49.7 Å². The highest BCUT2D eigenvalue weighted by molar-refractivity contribution is 5.85. The number of rotatable bonds is 5. The molecule has 1 aromatic carbocycles. The van der Waals surface area contributed by atoms with Crippen molar-refractivity contribution in [3.05, 3.63) is 35.4 Å². The molecule has 3 rings (SSSR count). The van der Waals surface area contributed by atoms with Crippen LogP contribution in [0.3, 0.4) is 0 Å². The van der Waals surface area contributed by atoms with E-state index in [1.807, 2.05) is 0 Å². The summed E-state index contributed by atoms with van der Waals surface area (Å²) >= 11 is 0. The van der Waals surface area contributed by atoms with Crippen LogP contribution in [0, 0.1) is 12.8 Å². The van der Waals surface area contributed by atoms with Gasteiger partial charge in [0, 0.05) is 25.6 Å². The first-order valence-electron chi connectivity index (χ1n) is 9.27. The highest BCUT2D eigenvalue weighted by Crippen LogP contribution is 2.23. The topological polar surface area (TPSA) is 32.3 Å². The van der Waals surface area contributed by atoms with Crippen LogP contribution < -0.4 is 5.32 Å². The van der Waals surface area contributed by atoms with Gasteiger partial charge < -0.3 is 10.2 Å². The van der Waals surface area contributed by atoms with Crippen molar-refractivity contribution in [3.8, 4) is 0 Å². The Bertz CT molecular complexity index is 503. The Balaban J connectivity index is 0.00000208. The molecule has 0 spiro atoms. The zero-order chi connectivity index (χ0) is 16.1. The van der Waals surface area contributed by atoms with Gasteiger partial charge in [0.05, 0.1) is 0 Å². The van der Waals surface area contributed by atoms with E-state index in [-0.39, 0.29) is 12.4 Å². The van der Waals surface area contributed by atoms with E-state index in [0.717, 1.165) is 25.6 Å². The molecule has 0 radical (unpaired) electrons. The van der Waals surface area contributed by atoms with Crippen molar-refractivity contribution in [2.24, 2.45) is 5.92 Å². The average molecular weight is 351 g/mol. The van der Waals surface area contributed by atoms with Gasteiger partial charge in [0.15, 0.2) is 0 Å². The quantitative estimate of drug-likeness (QED) is 0.877. The molecule has 0 aromatic heterocycles. The second-order valence-corrected chi connectivity index (χ2v) is 7.35. The van der Waals surface area contributed by atoms with Crippen LogP contribution in [-0.2, 0) is 11.2 Å².